The minimum Gasteiger partial charge on any atom is -0.380 e. The van der Waals surface area contributed by atoms with E-state index in [9.17, 15) is 5.11 Å². The summed E-state index contributed by atoms with van der Waals surface area (Å²) in [7, 11) is 0. The third-order valence-corrected chi connectivity index (χ3v) is 4.05. The number of aliphatic hydroxyl groups is 1. The molecule has 0 radical (unpaired) electrons. The Balaban J connectivity index is 1.80. The van der Waals surface area contributed by atoms with Gasteiger partial charge >= 0.3 is 0 Å². The van der Waals surface area contributed by atoms with E-state index in [1.54, 1.807) is 6.20 Å². The van der Waals surface area contributed by atoms with Crippen LogP contribution in [0, 0.1) is 6.92 Å². The van der Waals surface area contributed by atoms with Gasteiger partial charge in [0.05, 0.1) is 11.9 Å². The van der Waals surface area contributed by atoms with Gasteiger partial charge in [0.25, 0.3) is 0 Å². The second-order valence-corrected chi connectivity index (χ2v) is 5.94. The van der Waals surface area contributed by atoms with E-state index in [4.69, 9.17) is 0 Å². The van der Waals surface area contributed by atoms with E-state index in [2.05, 4.69) is 60.2 Å². The van der Waals surface area contributed by atoms with Crippen LogP contribution in [0.4, 0.5) is 0 Å². The van der Waals surface area contributed by atoms with Crippen molar-refractivity contribution in [3.63, 3.8) is 0 Å². The maximum absolute atomic E-state index is 10.5. The van der Waals surface area contributed by atoms with Gasteiger partial charge in [-0.2, -0.15) is 0 Å². The Hall–Kier alpha value is -2.39. The van der Waals surface area contributed by atoms with Gasteiger partial charge in [-0.3, -0.25) is 0 Å². The fourth-order valence-corrected chi connectivity index (χ4v) is 2.67. The fourth-order valence-electron chi connectivity index (χ4n) is 2.67. The first-order valence-corrected chi connectivity index (χ1v) is 8.06. The van der Waals surface area contributed by atoms with Crippen molar-refractivity contribution in [3.05, 3.63) is 77.2 Å². The van der Waals surface area contributed by atoms with Gasteiger partial charge in [0, 0.05) is 0 Å². The molecule has 0 saturated heterocycles. The van der Waals surface area contributed by atoms with Gasteiger partial charge in [0.15, 0.2) is 0 Å². The summed E-state index contributed by atoms with van der Waals surface area (Å²) in [4.78, 5) is 7.57. The molecule has 0 saturated carbocycles. The minimum absolute atomic E-state index is 0.573. The largest absolute Gasteiger partial charge is 0.380 e. The van der Waals surface area contributed by atoms with Gasteiger partial charge < -0.3 is 10.1 Å². The first kappa shape index (κ1) is 15.5. The molecular formula is C20H22N2O. The van der Waals surface area contributed by atoms with Crippen molar-refractivity contribution in [2.45, 2.75) is 32.8 Å². The van der Waals surface area contributed by atoms with Crippen molar-refractivity contribution in [2.75, 3.05) is 0 Å². The molecule has 0 bridgehead atoms. The van der Waals surface area contributed by atoms with Crippen molar-refractivity contribution in [1.29, 1.82) is 0 Å². The van der Waals surface area contributed by atoms with E-state index < -0.39 is 6.10 Å². The number of rotatable bonds is 5. The molecule has 0 aliphatic carbocycles. The molecule has 2 N–H and O–H groups in total. The number of nitrogens with one attached hydrogen (secondary N) is 1. The van der Waals surface area contributed by atoms with Gasteiger partial charge in [0.2, 0.25) is 0 Å². The van der Waals surface area contributed by atoms with E-state index in [1.807, 2.05) is 12.1 Å². The lowest BCUT2D eigenvalue weighted by atomic mass is 10.0. The van der Waals surface area contributed by atoms with Crippen molar-refractivity contribution in [1.82, 2.24) is 9.97 Å². The van der Waals surface area contributed by atoms with E-state index in [0.717, 1.165) is 29.7 Å². The molecule has 1 aromatic heterocycles. The number of aliphatic hydroxyl groups excluding tert-OH is 1. The van der Waals surface area contributed by atoms with E-state index in [0.29, 0.717) is 5.82 Å². The van der Waals surface area contributed by atoms with Crippen LogP contribution >= 0.6 is 0 Å². The topological polar surface area (TPSA) is 48.9 Å². The summed E-state index contributed by atoms with van der Waals surface area (Å²) >= 11 is 0. The number of benzene rings is 2. The Morgan fingerprint density at radius 3 is 2.39 bits per heavy atom. The first-order valence-electron chi connectivity index (χ1n) is 8.06. The predicted molar refractivity (Wildman–Crippen MR) is 93.3 cm³/mol. The third kappa shape index (κ3) is 3.51. The number of hydrogen-bond acceptors (Lipinski definition) is 2. The molecule has 118 valence electrons. The standard InChI is InChI=1S/C20H22N2O/c1-3-4-15-7-11-17(12-8-15)19(23)20-21-13-18(22-20)16-9-5-14(2)6-10-16/h5-13,19,23H,3-4H2,1-2H3,(H,21,22). The third-order valence-electron chi connectivity index (χ3n) is 4.05. The molecule has 0 spiro atoms. The van der Waals surface area contributed by atoms with Crippen LogP contribution < -0.4 is 0 Å². The maximum atomic E-state index is 10.5. The summed E-state index contributed by atoms with van der Waals surface area (Å²) in [6.07, 6.45) is 3.23. The highest BCUT2D eigenvalue weighted by Gasteiger charge is 2.14. The van der Waals surface area contributed by atoms with Crippen molar-refractivity contribution in [3.8, 4) is 11.3 Å². The number of nitrogens with zero attached hydrogens (tertiary/aromatic N) is 1. The summed E-state index contributed by atoms with van der Waals surface area (Å²) in [6.45, 7) is 4.23. The van der Waals surface area contributed by atoms with Gasteiger partial charge in [-0.25, -0.2) is 4.98 Å². The second-order valence-electron chi connectivity index (χ2n) is 5.94. The van der Waals surface area contributed by atoms with Crippen LogP contribution in [-0.2, 0) is 6.42 Å². The number of imidazole rings is 1. The zero-order chi connectivity index (χ0) is 16.2. The molecule has 1 unspecified atom stereocenters. The zero-order valence-corrected chi connectivity index (χ0v) is 13.6. The molecule has 0 fully saturated rings. The molecule has 1 heterocycles. The van der Waals surface area contributed by atoms with Crippen molar-refractivity contribution < 1.29 is 5.11 Å². The van der Waals surface area contributed by atoms with Gasteiger partial charge in [0.1, 0.15) is 11.9 Å². The first-order chi connectivity index (χ1) is 11.2. The molecule has 0 aliphatic heterocycles. The zero-order valence-electron chi connectivity index (χ0n) is 13.6. The lowest BCUT2D eigenvalue weighted by molar-refractivity contribution is 0.211. The van der Waals surface area contributed by atoms with Crippen molar-refractivity contribution in [2.24, 2.45) is 0 Å². The molecule has 3 aromatic rings. The number of H-pyrrole nitrogens is 1. The number of aryl methyl sites for hydroxylation is 2. The molecule has 1 atom stereocenters. The summed E-state index contributed by atoms with van der Waals surface area (Å²) in [5.74, 6) is 0.573. The molecule has 3 nitrogen and oxygen atoms in total. The monoisotopic (exact) mass is 306 g/mol. The van der Waals surface area contributed by atoms with Gasteiger partial charge in [-0.15, -0.1) is 0 Å². The van der Waals surface area contributed by atoms with Crippen LogP contribution in [0.2, 0.25) is 0 Å². The predicted octanol–water partition coefficient (Wildman–Crippen LogP) is 4.42. The Bertz CT molecular complexity index is 757. The quantitative estimate of drug-likeness (QED) is 0.733. The van der Waals surface area contributed by atoms with Gasteiger partial charge in [-0.1, -0.05) is 67.4 Å². The van der Waals surface area contributed by atoms with Crippen LogP contribution in [0.15, 0.2) is 54.7 Å². The van der Waals surface area contributed by atoms with E-state index in [-0.39, 0.29) is 0 Å². The Kier molecular flexibility index (Phi) is 4.58. The highest BCUT2D eigenvalue weighted by molar-refractivity contribution is 5.59. The average Bonchev–Trinajstić information content (AvgIpc) is 3.06. The molecule has 0 aliphatic rings. The second kappa shape index (κ2) is 6.80. The van der Waals surface area contributed by atoms with Crippen molar-refractivity contribution >= 4 is 0 Å². The highest BCUT2D eigenvalue weighted by atomic mass is 16.3. The molecule has 3 rings (SSSR count). The normalized spacial score (nSPS) is 12.3. The molecule has 2 aromatic carbocycles. The fraction of sp³-hybridized carbons (Fsp3) is 0.250. The molecule has 3 heteroatoms. The number of aromatic nitrogens is 2. The Labute approximate surface area is 137 Å². The van der Waals surface area contributed by atoms with Crippen LogP contribution in [-0.4, -0.2) is 15.1 Å². The van der Waals surface area contributed by atoms with E-state index in [1.165, 1.54) is 11.1 Å². The van der Waals surface area contributed by atoms with Crippen LogP contribution in [0.25, 0.3) is 11.3 Å². The van der Waals surface area contributed by atoms with Crippen LogP contribution in [0.3, 0.4) is 0 Å². The van der Waals surface area contributed by atoms with E-state index >= 15 is 0 Å². The Morgan fingerprint density at radius 1 is 1.04 bits per heavy atom. The molecule has 23 heavy (non-hydrogen) atoms. The summed E-state index contributed by atoms with van der Waals surface area (Å²) in [5.41, 5.74) is 5.36. The smallest absolute Gasteiger partial charge is 0.140 e. The van der Waals surface area contributed by atoms with Crippen LogP contribution in [0.5, 0.6) is 0 Å². The number of hydrogen-bond donors (Lipinski definition) is 2. The SMILES string of the molecule is CCCc1ccc(C(O)c2ncc(-c3ccc(C)cc3)[nH]2)cc1. The molecule has 0 amide bonds. The molecular weight excluding hydrogens is 284 g/mol. The highest BCUT2D eigenvalue weighted by Crippen LogP contribution is 2.24. The number of aromatic amines is 1. The lowest BCUT2D eigenvalue weighted by Gasteiger charge is -2.09. The van der Waals surface area contributed by atoms with Crippen LogP contribution in [0.1, 0.15) is 42.0 Å². The summed E-state index contributed by atoms with van der Waals surface area (Å²) in [5, 5.41) is 10.5. The maximum Gasteiger partial charge on any atom is 0.140 e. The summed E-state index contributed by atoms with van der Waals surface area (Å²) < 4.78 is 0. The Morgan fingerprint density at radius 2 is 1.74 bits per heavy atom. The minimum atomic E-state index is -0.732. The lowest BCUT2D eigenvalue weighted by Crippen LogP contribution is -2.02. The summed E-state index contributed by atoms with van der Waals surface area (Å²) in [6, 6.07) is 16.3. The van der Waals surface area contributed by atoms with Gasteiger partial charge in [-0.05, 0) is 30.0 Å². The average molecular weight is 306 g/mol.